The van der Waals surface area contributed by atoms with Crippen LogP contribution in [0.4, 0.5) is 11.4 Å². The Balaban J connectivity index is 1.84. The zero-order valence-electron chi connectivity index (χ0n) is 16.3. The average Bonchev–Trinajstić information content (AvgIpc) is 2.70. The third kappa shape index (κ3) is 7.21. The second-order valence-electron chi connectivity index (χ2n) is 6.00. The van der Waals surface area contributed by atoms with E-state index in [9.17, 15) is 19.2 Å². The molecule has 0 spiro atoms. The second-order valence-corrected chi connectivity index (χ2v) is 6.91. The lowest BCUT2D eigenvalue weighted by Crippen LogP contribution is -2.32. The van der Waals surface area contributed by atoms with Gasteiger partial charge in [0.1, 0.15) is 12.3 Å². The Morgan fingerprint density at radius 2 is 1.80 bits per heavy atom. The van der Waals surface area contributed by atoms with Crippen LogP contribution in [-0.4, -0.2) is 44.0 Å². The Morgan fingerprint density at radius 1 is 1.03 bits per heavy atom. The maximum Gasteiger partial charge on any atom is 0.325 e. The van der Waals surface area contributed by atoms with E-state index >= 15 is 0 Å². The monoisotopic (exact) mass is 477 g/mol. The van der Waals surface area contributed by atoms with Gasteiger partial charge >= 0.3 is 5.97 Å². The van der Waals surface area contributed by atoms with Gasteiger partial charge in [0.15, 0.2) is 6.61 Å². The molecule has 0 aliphatic heterocycles. The van der Waals surface area contributed by atoms with Gasteiger partial charge in [0.25, 0.3) is 11.8 Å². The predicted octanol–water partition coefficient (Wildman–Crippen LogP) is 2.33. The van der Waals surface area contributed by atoms with Crippen LogP contribution in [0.15, 0.2) is 46.9 Å². The zero-order chi connectivity index (χ0) is 22.1. The van der Waals surface area contributed by atoms with Crippen molar-refractivity contribution in [1.29, 1.82) is 0 Å². The fraction of sp³-hybridized carbons (Fsp3) is 0.200. The van der Waals surface area contributed by atoms with Gasteiger partial charge in [-0.2, -0.15) is 0 Å². The van der Waals surface area contributed by atoms with E-state index in [-0.39, 0.29) is 12.5 Å². The van der Waals surface area contributed by atoms with Gasteiger partial charge in [-0.3, -0.25) is 19.2 Å². The number of rotatable bonds is 8. The summed E-state index contributed by atoms with van der Waals surface area (Å²) in [5, 5.41) is 7.55. The molecule has 9 nitrogen and oxygen atoms in total. The minimum atomic E-state index is -0.771. The van der Waals surface area contributed by atoms with Crippen LogP contribution >= 0.6 is 15.9 Å². The molecule has 0 bridgehead atoms. The number of anilines is 2. The van der Waals surface area contributed by atoms with Crippen molar-refractivity contribution in [3.63, 3.8) is 0 Å². The number of carbonyl (C=O) groups excluding carboxylic acids is 4. The molecule has 0 unspecified atom stereocenters. The number of hydrogen-bond acceptors (Lipinski definition) is 6. The third-order valence-corrected chi connectivity index (χ3v) is 4.13. The van der Waals surface area contributed by atoms with E-state index in [2.05, 4.69) is 31.9 Å². The second kappa shape index (κ2) is 11.0. The maximum atomic E-state index is 12.1. The van der Waals surface area contributed by atoms with Crippen LogP contribution < -0.4 is 20.7 Å². The number of halogens is 1. The zero-order valence-corrected chi connectivity index (χ0v) is 17.9. The SMILES string of the molecule is COc1ccc(NC(C)=O)cc1NC(=O)COC(=O)CNC(=O)c1cccc(Br)c1. The molecule has 0 aliphatic rings. The number of methoxy groups -OCH3 is 1. The van der Waals surface area contributed by atoms with Crippen LogP contribution in [0.1, 0.15) is 17.3 Å². The molecule has 10 heteroatoms. The van der Waals surface area contributed by atoms with Gasteiger partial charge < -0.3 is 25.4 Å². The van der Waals surface area contributed by atoms with Crippen molar-refractivity contribution in [1.82, 2.24) is 5.32 Å². The number of ether oxygens (including phenoxy) is 2. The van der Waals surface area contributed by atoms with Gasteiger partial charge in [-0.15, -0.1) is 0 Å². The van der Waals surface area contributed by atoms with E-state index in [0.717, 1.165) is 4.47 Å². The molecule has 2 aromatic rings. The topological polar surface area (TPSA) is 123 Å². The number of amides is 3. The fourth-order valence-electron chi connectivity index (χ4n) is 2.35. The van der Waals surface area contributed by atoms with Crippen molar-refractivity contribution in [3.8, 4) is 5.75 Å². The van der Waals surface area contributed by atoms with Crippen molar-refractivity contribution in [3.05, 3.63) is 52.5 Å². The Bertz CT molecular complexity index is 963. The van der Waals surface area contributed by atoms with E-state index in [1.165, 1.54) is 20.1 Å². The highest BCUT2D eigenvalue weighted by Crippen LogP contribution is 2.27. The summed E-state index contributed by atoms with van der Waals surface area (Å²) in [4.78, 5) is 47.1. The number of hydrogen-bond donors (Lipinski definition) is 3. The van der Waals surface area contributed by atoms with Crippen molar-refractivity contribution < 1.29 is 28.7 Å². The van der Waals surface area contributed by atoms with Crippen molar-refractivity contribution in [2.24, 2.45) is 0 Å². The normalized spacial score (nSPS) is 9.97. The molecule has 0 aromatic heterocycles. The lowest BCUT2D eigenvalue weighted by Gasteiger charge is -2.12. The van der Waals surface area contributed by atoms with E-state index < -0.39 is 24.4 Å². The quantitative estimate of drug-likeness (QED) is 0.501. The predicted molar refractivity (Wildman–Crippen MR) is 113 cm³/mol. The Hall–Kier alpha value is -3.40. The maximum absolute atomic E-state index is 12.1. The summed E-state index contributed by atoms with van der Waals surface area (Å²) in [6.45, 7) is 0.413. The molecule has 158 valence electrons. The summed E-state index contributed by atoms with van der Waals surface area (Å²) in [6, 6.07) is 11.4. The van der Waals surface area contributed by atoms with Gasteiger partial charge in [-0.05, 0) is 36.4 Å². The van der Waals surface area contributed by atoms with Crippen molar-refractivity contribution >= 4 is 51.0 Å². The lowest BCUT2D eigenvalue weighted by molar-refractivity contribution is -0.146. The molecule has 0 saturated carbocycles. The molecule has 3 N–H and O–H groups in total. The Kier molecular flexibility index (Phi) is 8.36. The molecule has 0 heterocycles. The summed E-state index contributed by atoms with van der Waals surface area (Å²) < 4.78 is 10.8. The fourth-order valence-corrected chi connectivity index (χ4v) is 2.75. The highest BCUT2D eigenvalue weighted by molar-refractivity contribution is 9.10. The first-order valence-electron chi connectivity index (χ1n) is 8.73. The van der Waals surface area contributed by atoms with Crippen LogP contribution in [0.3, 0.4) is 0 Å². The first kappa shape index (κ1) is 22.9. The molecule has 3 amide bonds. The molecule has 2 rings (SSSR count). The Morgan fingerprint density at radius 3 is 2.47 bits per heavy atom. The highest BCUT2D eigenvalue weighted by Gasteiger charge is 2.13. The van der Waals surface area contributed by atoms with Crippen LogP contribution in [0.25, 0.3) is 0 Å². The van der Waals surface area contributed by atoms with Gasteiger partial charge in [-0.1, -0.05) is 22.0 Å². The summed E-state index contributed by atoms with van der Waals surface area (Å²) in [6.07, 6.45) is 0. The molecule has 0 saturated heterocycles. The molecule has 0 radical (unpaired) electrons. The van der Waals surface area contributed by atoms with Crippen LogP contribution in [0.5, 0.6) is 5.75 Å². The number of esters is 1. The van der Waals surface area contributed by atoms with Crippen LogP contribution in [-0.2, 0) is 19.1 Å². The van der Waals surface area contributed by atoms with Crippen LogP contribution in [0.2, 0.25) is 0 Å². The van der Waals surface area contributed by atoms with E-state index in [0.29, 0.717) is 22.7 Å². The first-order chi connectivity index (χ1) is 14.3. The van der Waals surface area contributed by atoms with E-state index in [1.54, 1.807) is 36.4 Å². The first-order valence-corrected chi connectivity index (χ1v) is 9.52. The number of benzene rings is 2. The van der Waals surface area contributed by atoms with Crippen LogP contribution in [0, 0.1) is 0 Å². The molecular formula is C20H20BrN3O6. The minimum absolute atomic E-state index is 0.267. The van der Waals surface area contributed by atoms with Gasteiger partial charge in [0.2, 0.25) is 5.91 Å². The largest absolute Gasteiger partial charge is 0.495 e. The van der Waals surface area contributed by atoms with E-state index in [1.807, 2.05) is 0 Å². The number of carbonyl (C=O) groups is 4. The third-order valence-electron chi connectivity index (χ3n) is 3.64. The summed E-state index contributed by atoms with van der Waals surface area (Å²) in [5.74, 6) is -1.73. The summed E-state index contributed by atoms with van der Waals surface area (Å²) >= 11 is 3.26. The smallest absolute Gasteiger partial charge is 0.325 e. The van der Waals surface area contributed by atoms with Gasteiger partial charge in [0.05, 0.1) is 12.8 Å². The van der Waals surface area contributed by atoms with Crippen molar-refractivity contribution in [2.45, 2.75) is 6.92 Å². The molecule has 0 fully saturated rings. The molecular weight excluding hydrogens is 458 g/mol. The highest BCUT2D eigenvalue weighted by atomic mass is 79.9. The average molecular weight is 478 g/mol. The van der Waals surface area contributed by atoms with E-state index in [4.69, 9.17) is 9.47 Å². The molecule has 30 heavy (non-hydrogen) atoms. The van der Waals surface area contributed by atoms with Gasteiger partial charge in [0, 0.05) is 22.6 Å². The van der Waals surface area contributed by atoms with Crippen molar-refractivity contribution in [2.75, 3.05) is 30.9 Å². The number of nitrogens with one attached hydrogen (secondary N) is 3. The Labute approximate surface area is 181 Å². The minimum Gasteiger partial charge on any atom is -0.495 e. The molecule has 0 aliphatic carbocycles. The lowest BCUT2D eigenvalue weighted by atomic mass is 10.2. The standard InChI is InChI=1S/C20H20BrN3O6/c1-12(25)23-15-6-7-17(29-2)16(9-15)24-18(26)11-30-19(27)10-22-20(28)13-4-3-5-14(21)8-13/h3-9H,10-11H2,1-2H3,(H,22,28)(H,23,25)(H,24,26). The summed E-state index contributed by atoms with van der Waals surface area (Å²) in [7, 11) is 1.43. The van der Waals surface area contributed by atoms with Gasteiger partial charge in [-0.25, -0.2) is 0 Å². The molecule has 2 aromatic carbocycles. The summed E-state index contributed by atoms with van der Waals surface area (Å²) in [5.41, 5.74) is 1.14. The molecule has 0 atom stereocenters.